The van der Waals surface area contributed by atoms with E-state index in [2.05, 4.69) is 19.2 Å². The van der Waals surface area contributed by atoms with Gasteiger partial charge in [-0.1, -0.05) is 33.1 Å². The molecule has 0 spiro atoms. The van der Waals surface area contributed by atoms with Crippen LogP contribution in [0.25, 0.3) is 0 Å². The van der Waals surface area contributed by atoms with Crippen molar-refractivity contribution in [2.24, 2.45) is 5.92 Å². The molecular weight excluding hydrogens is 186 g/mol. The van der Waals surface area contributed by atoms with Crippen LogP contribution in [0.3, 0.4) is 0 Å². The van der Waals surface area contributed by atoms with Crippen molar-refractivity contribution in [2.45, 2.75) is 58.4 Å². The van der Waals surface area contributed by atoms with Crippen LogP contribution in [0, 0.1) is 5.92 Å². The molecule has 0 aromatic rings. The smallest absolute Gasteiger partial charge is 0.0619 e. The Kier molecular flexibility index (Phi) is 7.03. The highest BCUT2D eigenvalue weighted by Gasteiger charge is 2.20. The average Bonchev–Trinajstić information content (AvgIpc) is 3.04. The fourth-order valence-corrected chi connectivity index (χ4v) is 1.82. The van der Waals surface area contributed by atoms with Crippen LogP contribution < -0.4 is 5.32 Å². The van der Waals surface area contributed by atoms with Gasteiger partial charge in [-0.05, 0) is 31.7 Å². The maximum Gasteiger partial charge on any atom is 0.0619 e. The van der Waals surface area contributed by atoms with Crippen LogP contribution in [-0.4, -0.2) is 25.8 Å². The maximum atomic E-state index is 5.73. The molecule has 2 nitrogen and oxygen atoms in total. The molecule has 0 bridgehead atoms. The molecule has 1 aliphatic carbocycles. The third-order valence-electron chi connectivity index (χ3n) is 3.01. The van der Waals surface area contributed by atoms with E-state index < -0.39 is 0 Å². The second kappa shape index (κ2) is 8.12. The minimum atomic E-state index is 0.578. The molecule has 0 heterocycles. The summed E-state index contributed by atoms with van der Waals surface area (Å²) in [5, 5.41) is 3.55. The molecule has 2 heteroatoms. The quantitative estimate of drug-likeness (QED) is 0.563. The molecular formula is C13H27NO. The lowest BCUT2D eigenvalue weighted by Gasteiger charge is -2.17. The minimum Gasteiger partial charge on any atom is -0.380 e. The van der Waals surface area contributed by atoms with E-state index in [0.717, 1.165) is 25.7 Å². The Balaban J connectivity index is 1.95. The Labute approximate surface area is 94.8 Å². The maximum absolute atomic E-state index is 5.73. The van der Waals surface area contributed by atoms with Crippen molar-refractivity contribution in [3.63, 3.8) is 0 Å². The van der Waals surface area contributed by atoms with Crippen LogP contribution >= 0.6 is 0 Å². The number of ether oxygens (including phenoxy) is 1. The second-order valence-corrected chi connectivity index (χ2v) is 4.75. The van der Waals surface area contributed by atoms with E-state index >= 15 is 0 Å². The summed E-state index contributed by atoms with van der Waals surface area (Å²) in [5.74, 6) is 0.998. The molecule has 1 atom stereocenters. The molecule has 1 N–H and O–H groups in total. The van der Waals surface area contributed by atoms with Crippen LogP contribution in [0.5, 0.6) is 0 Å². The van der Waals surface area contributed by atoms with Gasteiger partial charge in [0.05, 0.1) is 6.61 Å². The van der Waals surface area contributed by atoms with E-state index in [4.69, 9.17) is 4.74 Å². The van der Waals surface area contributed by atoms with Gasteiger partial charge < -0.3 is 10.1 Å². The first-order chi connectivity index (χ1) is 7.36. The molecule has 0 saturated heterocycles. The van der Waals surface area contributed by atoms with Crippen LogP contribution in [0.4, 0.5) is 0 Å². The summed E-state index contributed by atoms with van der Waals surface area (Å²) < 4.78 is 5.73. The van der Waals surface area contributed by atoms with Crippen LogP contribution in [0.15, 0.2) is 0 Å². The second-order valence-electron chi connectivity index (χ2n) is 4.75. The van der Waals surface area contributed by atoms with Gasteiger partial charge in [0, 0.05) is 12.6 Å². The lowest BCUT2D eigenvalue weighted by Crippen LogP contribution is -2.34. The van der Waals surface area contributed by atoms with Crippen molar-refractivity contribution in [3.8, 4) is 0 Å². The third kappa shape index (κ3) is 6.91. The van der Waals surface area contributed by atoms with Crippen LogP contribution in [0.2, 0.25) is 0 Å². The average molecular weight is 213 g/mol. The summed E-state index contributed by atoms with van der Waals surface area (Å²) in [6.07, 6.45) is 7.86. The first kappa shape index (κ1) is 13.0. The molecule has 0 aromatic heterocycles. The lowest BCUT2D eigenvalue weighted by atomic mass is 10.2. The molecule has 90 valence electrons. The van der Waals surface area contributed by atoms with Crippen molar-refractivity contribution >= 4 is 0 Å². The molecule has 0 amide bonds. The number of hydrogen-bond acceptors (Lipinski definition) is 2. The van der Waals surface area contributed by atoms with Crippen molar-refractivity contribution in [2.75, 3.05) is 19.8 Å². The predicted octanol–water partition coefficient (Wildman–Crippen LogP) is 2.97. The van der Waals surface area contributed by atoms with Crippen molar-refractivity contribution in [1.29, 1.82) is 0 Å². The van der Waals surface area contributed by atoms with Gasteiger partial charge in [-0.3, -0.25) is 0 Å². The van der Waals surface area contributed by atoms with E-state index in [1.807, 2.05) is 0 Å². The van der Waals surface area contributed by atoms with Gasteiger partial charge >= 0.3 is 0 Å². The van der Waals surface area contributed by atoms with Crippen molar-refractivity contribution < 1.29 is 4.74 Å². The summed E-state index contributed by atoms with van der Waals surface area (Å²) in [4.78, 5) is 0. The standard InChI is InChI=1S/C13H27NO/c1-3-5-13(14-9-4-2)11-15-10-8-12-6-7-12/h12-14H,3-11H2,1-2H3. The van der Waals surface area contributed by atoms with Crippen LogP contribution in [-0.2, 0) is 4.74 Å². The molecule has 1 fully saturated rings. The van der Waals surface area contributed by atoms with E-state index in [1.54, 1.807) is 0 Å². The van der Waals surface area contributed by atoms with Crippen molar-refractivity contribution in [3.05, 3.63) is 0 Å². The lowest BCUT2D eigenvalue weighted by molar-refractivity contribution is 0.103. The van der Waals surface area contributed by atoms with Gasteiger partial charge in [-0.2, -0.15) is 0 Å². The van der Waals surface area contributed by atoms with E-state index in [1.165, 1.54) is 38.5 Å². The molecule has 1 aliphatic rings. The Morgan fingerprint density at radius 2 is 2.07 bits per heavy atom. The number of rotatable bonds is 10. The third-order valence-corrected chi connectivity index (χ3v) is 3.01. The summed E-state index contributed by atoms with van der Waals surface area (Å²) in [7, 11) is 0. The Morgan fingerprint density at radius 3 is 2.67 bits per heavy atom. The Hall–Kier alpha value is -0.0800. The zero-order chi connectivity index (χ0) is 10.9. The van der Waals surface area contributed by atoms with E-state index in [9.17, 15) is 0 Å². The Bertz CT molecular complexity index is 145. The highest BCUT2D eigenvalue weighted by Crippen LogP contribution is 2.32. The topological polar surface area (TPSA) is 21.3 Å². The normalized spacial score (nSPS) is 18.0. The molecule has 0 radical (unpaired) electrons. The van der Waals surface area contributed by atoms with Gasteiger partial charge in [-0.25, -0.2) is 0 Å². The fraction of sp³-hybridized carbons (Fsp3) is 1.00. The molecule has 0 aromatic carbocycles. The van der Waals surface area contributed by atoms with Gasteiger partial charge in [0.15, 0.2) is 0 Å². The largest absolute Gasteiger partial charge is 0.380 e. The highest BCUT2D eigenvalue weighted by atomic mass is 16.5. The predicted molar refractivity (Wildman–Crippen MR) is 65.1 cm³/mol. The van der Waals surface area contributed by atoms with Gasteiger partial charge in [0.25, 0.3) is 0 Å². The summed E-state index contributed by atoms with van der Waals surface area (Å²) in [5.41, 5.74) is 0. The van der Waals surface area contributed by atoms with E-state index in [0.29, 0.717) is 6.04 Å². The molecule has 1 rings (SSSR count). The molecule has 1 saturated carbocycles. The number of nitrogens with one attached hydrogen (secondary N) is 1. The summed E-state index contributed by atoms with van der Waals surface area (Å²) in [6, 6.07) is 0.578. The summed E-state index contributed by atoms with van der Waals surface area (Å²) >= 11 is 0. The van der Waals surface area contributed by atoms with Crippen molar-refractivity contribution in [1.82, 2.24) is 5.32 Å². The summed E-state index contributed by atoms with van der Waals surface area (Å²) in [6.45, 7) is 7.45. The molecule has 1 unspecified atom stereocenters. The SMILES string of the molecule is CCCNC(CCC)COCCC1CC1. The zero-order valence-corrected chi connectivity index (χ0v) is 10.4. The molecule has 0 aliphatic heterocycles. The monoisotopic (exact) mass is 213 g/mol. The molecule has 15 heavy (non-hydrogen) atoms. The first-order valence-corrected chi connectivity index (χ1v) is 6.68. The Morgan fingerprint density at radius 1 is 1.27 bits per heavy atom. The van der Waals surface area contributed by atoms with Crippen LogP contribution in [0.1, 0.15) is 52.4 Å². The fourth-order valence-electron chi connectivity index (χ4n) is 1.82. The minimum absolute atomic E-state index is 0.578. The van der Waals surface area contributed by atoms with E-state index in [-0.39, 0.29) is 0 Å². The number of hydrogen-bond donors (Lipinski definition) is 1. The van der Waals surface area contributed by atoms with Gasteiger partial charge in [-0.15, -0.1) is 0 Å². The highest BCUT2D eigenvalue weighted by molar-refractivity contribution is 4.72. The first-order valence-electron chi connectivity index (χ1n) is 6.68. The van der Waals surface area contributed by atoms with Gasteiger partial charge in [0.1, 0.15) is 0 Å². The van der Waals surface area contributed by atoms with Gasteiger partial charge in [0.2, 0.25) is 0 Å². The zero-order valence-electron chi connectivity index (χ0n) is 10.4.